The molecule has 29 heavy (non-hydrogen) atoms. The molecule has 4 unspecified atom stereocenters. The maximum atomic E-state index is 9.88. The first-order chi connectivity index (χ1) is 14.2. The molecule has 7 heteroatoms. The van der Waals surface area contributed by atoms with Crippen molar-refractivity contribution in [3.63, 3.8) is 0 Å². The summed E-state index contributed by atoms with van der Waals surface area (Å²) in [6.45, 7) is 2.43. The number of allylic oxidation sites excluding steroid dienone is 1. The summed E-state index contributed by atoms with van der Waals surface area (Å²) >= 11 is 0. The molecule has 1 fully saturated rings. The van der Waals surface area contributed by atoms with Gasteiger partial charge in [0.05, 0.1) is 25.3 Å². The number of ether oxygens (including phenoxy) is 3. The molecular weight excluding hydrogens is 368 g/mol. The molecular formula is C22H24N4O3. The van der Waals surface area contributed by atoms with E-state index in [2.05, 4.69) is 29.1 Å². The molecule has 4 rings (SSSR count). The molecule has 0 amide bonds. The number of nitrogens with zero attached hydrogens (tertiary/aromatic N) is 1. The van der Waals surface area contributed by atoms with Crippen molar-refractivity contribution in [2.75, 3.05) is 13.7 Å². The molecule has 2 aliphatic rings. The van der Waals surface area contributed by atoms with Crippen LogP contribution in [0.1, 0.15) is 30.0 Å². The highest BCUT2D eigenvalue weighted by atomic mass is 16.5. The van der Waals surface area contributed by atoms with Gasteiger partial charge >= 0.3 is 0 Å². The van der Waals surface area contributed by atoms with Gasteiger partial charge in [-0.1, -0.05) is 36.4 Å². The van der Waals surface area contributed by atoms with Gasteiger partial charge in [0.15, 0.2) is 17.7 Å². The standard InChI is InChI=1S/C22H24N4O3/c1-3-28-17-11-14(9-10-16(17)27-2)18-15(12-23)21(24)29-22-19(18)20(25-26-22)13-7-5-4-6-8-13/h4-11,18-20,22,25-26H,3,24H2,1-2H3. The zero-order chi connectivity index (χ0) is 20.4. The number of methoxy groups -OCH3 is 1. The maximum absolute atomic E-state index is 9.88. The molecule has 0 bridgehead atoms. The van der Waals surface area contributed by atoms with Gasteiger partial charge in [-0.05, 0) is 30.2 Å². The molecule has 0 saturated carbocycles. The van der Waals surface area contributed by atoms with Crippen molar-refractivity contribution in [2.24, 2.45) is 11.7 Å². The number of benzene rings is 2. The van der Waals surface area contributed by atoms with Gasteiger partial charge in [-0.15, -0.1) is 0 Å². The first kappa shape index (κ1) is 19.1. The normalized spacial score (nSPS) is 25.7. The highest BCUT2D eigenvalue weighted by Gasteiger charge is 2.49. The summed E-state index contributed by atoms with van der Waals surface area (Å²) in [4.78, 5) is 0. The van der Waals surface area contributed by atoms with Crippen LogP contribution in [0.15, 0.2) is 60.0 Å². The van der Waals surface area contributed by atoms with Gasteiger partial charge < -0.3 is 19.9 Å². The Bertz CT molecular complexity index is 954. The summed E-state index contributed by atoms with van der Waals surface area (Å²) in [5.41, 5.74) is 15.1. The van der Waals surface area contributed by atoms with Crippen LogP contribution in [-0.2, 0) is 4.74 Å². The van der Waals surface area contributed by atoms with Gasteiger partial charge in [-0.3, -0.25) is 0 Å². The lowest BCUT2D eigenvalue weighted by molar-refractivity contribution is 0.0340. The molecule has 7 nitrogen and oxygen atoms in total. The predicted molar refractivity (Wildman–Crippen MR) is 108 cm³/mol. The zero-order valence-corrected chi connectivity index (χ0v) is 16.4. The number of nitrogens with two attached hydrogens (primary N) is 1. The second-order valence-electron chi connectivity index (χ2n) is 7.00. The SMILES string of the molecule is CCOc1cc(C2C(C#N)=C(N)OC3NNC(c4ccccc4)C32)ccc1OC. The smallest absolute Gasteiger partial charge is 0.200 e. The number of nitrogens with one attached hydrogen (secondary N) is 2. The Labute approximate surface area is 170 Å². The van der Waals surface area contributed by atoms with Gasteiger partial charge in [0, 0.05) is 11.8 Å². The van der Waals surface area contributed by atoms with Gasteiger partial charge in [0.1, 0.15) is 6.07 Å². The lowest BCUT2D eigenvalue weighted by atomic mass is 9.74. The first-order valence-electron chi connectivity index (χ1n) is 9.61. The van der Waals surface area contributed by atoms with Crippen molar-refractivity contribution in [3.8, 4) is 17.6 Å². The van der Waals surface area contributed by atoms with Crippen LogP contribution in [0, 0.1) is 17.2 Å². The number of nitriles is 1. The Kier molecular flexibility index (Phi) is 5.30. The molecule has 0 aliphatic carbocycles. The third-order valence-electron chi connectivity index (χ3n) is 5.46. The number of rotatable bonds is 5. The average Bonchev–Trinajstić information content (AvgIpc) is 3.17. The Morgan fingerprint density at radius 2 is 1.90 bits per heavy atom. The molecule has 1 saturated heterocycles. The number of fused-ring (bicyclic) bond motifs is 1. The fourth-order valence-corrected chi connectivity index (χ4v) is 4.19. The van der Waals surface area contributed by atoms with Crippen LogP contribution in [0.3, 0.4) is 0 Å². The van der Waals surface area contributed by atoms with E-state index in [9.17, 15) is 5.26 Å². The van der Waals surface area contributed by atoms with E-state index < -0.39 is 0 Å². The number of hydrogen-bond donors (Lipinski definition) is 3. The van der Waals surface area contributed by atoms with Crippen molar-refractivity contribution in [1.82, 2.24) is 10.9 Å². The highest BCUT2D eigenvalue weighted by molar-refractivity contribution is 5.49. The minimum absolute atomic E-state index is 0.0553. The fraction of sp³-hybridized carbons (Fsp3) is 0.318. The van der Waals surface area contributed by atoms with E-state index >= 15 is 0 Å². The van der Waals surface area contributed by atoms with Crippen LogP contribution in [0.4, 0.5) is 0 Å². The van der Waals surface area contributed by atoms with Crippen molar-refractivity contribution < 1.29 is 14.2 Å². The van der Waals surface area contributed by atoms with Crippen LogP contribution in [0.2, 0.25) is 0 Å². The Morgan fingerprint density at radius 1 is 1.10 bits per heavy atom. The summed E-state index contributed by atoms with van der Waals surface area (Å²) in [6.07, 6.45) is -0.361. The third-order valence-corrected chi connectivity index (χ3v) is 5.46. The predicted octanol–water partition coefficient (Wildman–Crippen LogP) is 2.69. The van der Waals surface area contributed by atoms with E-state index in [0.29, 0.717) is 23.7 Å². The molecule has 0 spiro atoms. The number of hydrazine groups is 1. The third kappa shape index (κ3) is 3.37. The zero-order valence-electron chi connectivity index (χ0n) is 16.4. The number of hydrogen-bond acceptors (Lipinski definition) is 7. The molecule has 2 heterocycles. The second-order valence-corrected chi connectivity index (χ2v) is 7.00. The summed E-state index contributed by atoms with van der Waals surface area (Å²) in [5.74, 6) is 1.09. The highest BCUT2D eigenvalue weighted by Crippen LogP contribution is 2.48. The van der Waals surface area contributed by atoms with E-state index in [1.807, 2.05) is 43.3 Å². The van der Waals surface area contributed by atoms with Gasteiger partial charge in [0.25, 0.3) is 0 Å². The molecule has 2 aromatic rings. The summed E-state index contributed by atoms with van der Waals surface area (Å²) < 4.78 is 17.0. The van der Waals surface area contributed by atoms with Crippen LogP contribution < -0.4 is 26.1 Å². The Morgan fingerprint density at radius 3 is 2.59 bits per heavy atom. The van der Waals surface area contributed by atoms with Crippen molar-refractivity contribution in [2.45, 2.75) is 25.1 Å². The van der Waals surface area contributed by atoms with Crippen LogP contribution in [0.5, 0.6) is 11.5 Å². The van der Waals surface area contributed by atoms with E-state index in [0.717, 1.165) is 11.1 Å². The second kappa shape index (κ2) is 8.03. The van der Waals surface area contributed by atoms with Crippen molar-refractivity contribution >= 4 is 0 Å². The fourth-order valence-electron chi connectivity index (χ4n) is 4.19. The molecule has 2 aromatic carbocycles. The van der Waals surface area contributed by atoms with E-state index in [1.54, 1.807) is 7.11 Å². The Hall–Kier alpha value is -3.21. The Balaban J connectivity index is 1.82. The van der Waals surface area contributed by atoms with Crippen LogP contribution in [0.25, 0.3) is 0 Å². The first-order valence-corrected chi connectivity index (χ1v) is 9.61. The van der Waals surface area contributed by atoms with Gasteiger partial charge in [-0.25, -0.2) is 10.9 Å². The summed E-state index contributed by atoms with van der Waals surface area (Å²) in [5, 5.41) is 9.88. The topological polar surface area (TPSA) is 102 Å². The average molecular weight is 392 g/mol. The van der Waals surface area contributed by atoms with E-state index in [-0.39, 0.29) is 30.0 Å². The molecule has 0 aromatic heterocycles. The molecule has 0 radical (unpaired) electrons. The molecule has 4 atom stereocenters. The van der Waals surface area contributed by atoms with Crippen molar-refractivity contribution in [3.05, 3.63) is 71.1 Å². The quantitative estimate of drug-likeness (QED) is 0.719. The van der Waals surface area contributed by atoms with E-state index in [1.165, 1.54) is 0 Å². The van der Waals surface area contributed by atoms with E-state index in [4.69, 9.17) is 19.9 Å². The lowest BCUT2D eigenvalue weighted by Gasteiger charge is -2.36. The molecule has 2 aliphatic heterocycles. The largest absolute Gasteiger partial charge is 0.493 e. The minimum atomic E-state index is -0.361. The van der Waals surface area contributed by atoms with Crippen molar-refractivity contribution in [1.29, 1.82) is 5.26 Å². The molecule has 4 N–H and O–H groups in total. The molecule has 150 valence electrons. The minimum Gasteiger partial charge on any atom is -0.493 e. The summed E-state index contributed by atoms with van der Waals surface area (Å²) in [7, 11) is 1.61. The van der Waals surface area contributed by atoms with Gasteiger partial charge in [-0.2, -0.15) is 5.26 Å². The summed E-state index contributed by atoms with van der Waals surface area (Å²) in [6, 6.07) is 18.1. The van der Waals surface area contributed by atoms with Crippen LogP contribution in [-0.4, -0.2) is 19.9 Å². The maximum Gasteiger partial charge on any atom is 0.200 e. The van der Waals surface area contributed by atoms with Crippen LogP contribution >= 0.6 is 0 Å². The monoisotopic (exact) mass is 392 g/mol. The lowest BCUT2D eigenvalue weighted by Crippen LogP contribution is -2.41. The van der Waals surface area contributed by atoms with Gasteiger partial charge in [0.2, 0.25) is 5.88 Å².